The Morgan fingerprint density at radius 3 is 3.10 bits per heavy atom. The van der Waals surface area contributed by atoms with Crippen molar-refractivity contribution < 1.29 is 9.13 Å². The number of fused-ring (bicyclic) bond motifs is 1. The molecule has 0 saturated carbocycles. The number of rotatable bonds is 5. The van der Waals surface area contributed by atoms with Crippen LogP contribution in [0.2, 0.25) is 0 Å². The molecule has 0 spiro atoms. The number of hydrogen-bond donors (Lipinski definition) is 1. The summed E-state index contributed by atoms with van der Waals surface area (Å²) in [6.45, 7) is 1.72. The number of nitrogens with one attached hydrogen (secondary N) is 1. The Labute approximate surface area is 123 Å². The lowest BCUT2D eigenvalue weighted by Crippen LogP contribution is -2.15. The molecule has 112 valence electrons. The van der Waals surface area contributed by atoms with Crippen molar-refractivity contribution in [2.45, 2.75) is 39.0 Å². The van der Waals surface area contributed by atoms with E-state index < -0.39 is 0 Å². The number of benzene rings is 1. The lowest BCUT2D eigenvalue weighted by molar-refractivity contribution is 0.269. The second kappa shape index (κ2) is 6.22. The van der Waals surface area contributed by atoms with Crippen LogP contribution in [0, 0.1) is 5.82 Å². The maximum Gasteiger partial charge on any atom is 0.171 e. The first-order chi connectivity index (χ1) is 10.3. The molecule has 0 unspecified atom stereocenters. The van der Waals surface area contributed by atoms with Crippen LogP contribution in [0.5, 0.6) is 5.75 Å². The zero-order valence-corrected chi connectivity index (χ0v) is 12.1. The van der Waals surface area contributed by atoms with E-state index in [1.54, 1.807) is 6.07 Å². The van der Waals surface area contributed by atoms with Crippen LogP contribution in [0.15, 0.2) is 18.2 Å². The lowest BCUT2D eigenvalue weighted by Gasteiger charge is -2.16. The van der Waals surface area contributed by atoms with Crippen molar-refractivity contribution in [2.75, 3.05) is 7.05 Å². The van der Waals surface area contributed by atoms with Gasteiger partial charge in [0, 0.05) is 25.1 Å². The van der Waals surface area contributed by atoms with E-state index in [1.165, 1.54) is 6.07 Å². The third kappa shape index (κ3) is 2.90. The highest BCUT2D eigenvalue weighted by Crippen LogP contribution is 2.24. The van der Waals surface area contributed by atoms with E-state index >= 15 is 0 Å². The van der Waals surface area contributed by atoms with Crippen LogP contribution in [-0.4, -0.2) is 21.8 Å². The van der Waals surface area contributed by atoms with Crippen LogP contribution in [-0.2, 0) is 26.1 Å². The maximum atomic E-state index is 13.9. The molecule has 0 amide bonds. The predicted octanol–water partition coefficient (Wildman–Crippen LogP) is 2.05. The second-order valence-electron chi connectivity index (χ2n) is 5.19. The Bertz CT molecular complexity index is 626. The number of aromatic nitrogens is 3. The van der Waals surface area contributed by atoms with Crippen molar-refractivity contribution in [2.24, 2.45) is 0 Å². The fourth-order valence-corrected chi connectivity index (χ4v) is 2.66. The normalized spacial score (nSPS) is 14.0. The van der Waals surface area contributed by atoms with E-state index in [9.17, 15) is 4.39 Å². The summed E-state index contributed by atoms with van der Waals surface area (Å²) in [7, 11) is 1.82. The second-order valence-corrected chi connectivity index (χ2v) is 5.19. The van der Waals surface area contributed by atoms with Gasteiger partial charge in [0.2, 0.25) is 0 Å². The first-order valence-corrected chi connectivity index (χ1v) is 7.25. The Balaban J connectivity index is 1.77. The topological polar surface area (TPSA) is 52.0 Å². The van der Waals surface area contributed by atoms with Gasteiger partial charge in [-0.3, -0.25) is 0 Å². The van der Waals surface area contributed by atoms with E-state index in [1.807, 2.05) is 13.1 Å². The summed E-state index contributed by atoms with van der Waals surface area (Å²) in [5.41, 5.74) is 0.802. The zero-order chi connectivity index (χ0) is 14.7. The van der Waals surface area contributed by atoms with Gasteiger partial charge in [0.1, 0.15) is 12.4 Å². The van der Waals surface area contributed by atoms with Crippen molar-refractivity contribution in [1.82, 2.24) is 20.1 Å². The fourth-order valence-electron chi connectivity index (χ4n) is 2.66. The average Bonchev–Trinajstić information content (AvgIpc) is 2.90. The number of hydrogen-bond acceptors (Lipinski definition) is 4. The molecule has 21 heavy (non-hydrogen) atoms. The number of halogens is 1. The molecule has 0 saturated heterocycles. The molecular formula is C15H19FN4O. The van der Waals surface area contributed by atoms with E-state index in [4.69, 9.17) is 4.74 Å². The highest BCUT2D eigenvalue weighted by atomic mass is 19.1. The average molecular weight is 290 g/mol. The van der Waals surface area contributed by atoms with Gasteiger partial charge >= 0.3 is 0 Å². The summed E-state index contributed by atoms with van der Waals surface area (Å²) in [6, 6.07) is 4.95. The molecule has 0 atom stereocenters. The molecule has 0 fully saturated rings. The minimum Gasteiger partial charge on any atom is -0.482 e. The van der Waals surface area contributed by atoms with E-state index in [2.05, 4.69) is 20.1 Å². The minimum absolute atomic E-state index is 0.241. The van der Waals surface area contributed by atoms with Gasteiger partial charge in [-0.1, -0.05) is 12.1 Å². The Morgan fingerprint density at radius 2 is 2.24 bits per heavy atom. The predicted molar refractivity (Wildman–Crippen MR) is 76.5 cm³/mol. The molecule has 1 aliphatic heterocycles. The van der Waals surface area contributed by atoms with Crippen LogP contribution in [0.4, 0.5) is 4.39 Å². The fraction of sp³-hybridized carbons (Fsp3) is 0.467. The summed E-state index contributed by atoms with van der Waals surface area (Å²) in [5.74, 6) is 1.72. The van der Waals surface area contributed by atoms with E-state index in [0.29, 0.717) is 12.3 Å². The monoisotopic (exact) mass is 290 g/mol. The number of aryl methyl sites for hydroxylation is 1. The summed E-state index contributed by atoms with van der Waals surface area (Å²) in [4.78, 5) is 0. The number of ether oxygens (including phenoxy) is 1. The molecule has 1 aliphatic rings. The van der Waals surface area contributed by atoms with Crippen LogP contribution in [0.1, 0.15) is 30.1 Å². The van der Waals surface area contributed by atoms with Gasteiger partial charge in [-0.05, 0) is 26.0 Å². The van der Waals surface area contributed by atoms with Gasteiger partial charge in [0.15, 0.2) is 17.4 Å². The van der Waals surface area contributed by atoms with Gasteiger partial charge in [0.05, 0.1) is 0 Å². The highest BCUT2D eigenvalue weighted by Gasteiger charge is 2.17. The Morgan fingerprint density at radius 1 is 1.33 bits per heavy atom. The number of para-hydroxylation sites is 1. The molecule has 2 heterocycles. The first kappa shape index (κ1) is 14.0. The summed E-state index contributed by atoms with van der Waals surface area (Å²) in [5, 5.41) is 11.4. The van der Waals surface area contributed by atoms with Crippen LogP contribution < -0.4 is 10.1 Å². The molecule has 2 aromatic rings. The highest BCUT2D eigenvalue weighted by molar-refractivity contribution is 5.35. The Kier molecular flexibility index (Phi) is 4.15. The Hall–Kier alpha value is -1.95. The molecule has 0 radical (unpaired) electrons. The van der Waals surface area contributed by atoms with E-state index in [0.717, 1.165) is 43.0 Å². The smallest absolute Gasteiger partial charge is 0.171 e. The quantitative estimate of drug-likeness (QED) is 0.915. The van der Waals surface area contributed by atoms with Crippen molar-refractivity contribution in [3.8, 4) is 5.75 Å². The van der Waals surface area contributed by atoms with Gasteiger partial charge < -0.3 is 14.6 Å². The van der Waals surface area contributed by atoms with Gasteiger partial charge in [-0.25, -0.2) is 4.39 Å². The van der Waals surface area contributed by atoms with Gasteiger partial charge in [0.25, 0.3) is 0 Å². The molecule has 5 nitrogen and oxygen atoms in total. The largest absolute Gasteiger partial charge is 0.482 e. The van der Waals surface area contributed by atoms with Gasteiger partial charge in [-0.2, -0.15) is 0 Å². The molecule has 1 N–H and O–H groups in total. The molecule has 6 heteroatoms. The molecular weight excluding hydrogens is 271 g/mol. The molecule has 1 aromatic carbocycles. The van der Waals surface area contributed by atoms with Crippen LogP contribution in [0.25, 0.3) is 0 Å². The van der Waals surface area contributed by atoms with E-state index in [-0.39, 0.29) is 12.4 Å². The van der Waals surface area contributed by atoms with Crippen LogP contribution in [0.3, 0.4) is 0 Å². The SMILES string of the molecule is CNCc1cccc(F)c1OCc1nnc2n1CCCC2. The first-order valence-electron chi connectivity index (χ1n) is 7.25. The molecule has 1 aromatic heterocycles. The summed E-state index contributed by atoms with van der Waals surface area (Å²) >= 11 is 0. The number of nitrogens with zero attached hydrogens (tertiary/aromatic N) is 3. The molecule has 3 rings (SSSR count). The zero-order valence-electron chi connectivity index (χ0n) is 12.1. The molecule has 0 aliphatic carbocycles. The van der Waals surface area contributed by atoms with Crippen molar-refractivity contribution in [1.29, 1.82) is 0 Å². The van der Waals surface area contributed by atoms with Crippen molar-refractivity contribution in [3.63, 3.8) is 0 Å². The minimum atomic E-state index is -0.346. The van der Waals surface area contributed by atoms with Gasteiger partial charge in [-0.15, -0.1) is 10.2 Å². The standard InChI is InChI=1S/C15H19FN4O/c1-17-9-11-5-4-6-12(16)15(11)21-10-14-19-18-13-7-2-3-8-20(13)14/h4-6,17H,2-3,7-10H2,1H3. The lowest BCUT2D eigenvalue weighted by atomic mass is 10.1. The molecule has 0 bridgehead atoms. The van der Waals surface area contributed by atoms with Crippen LogP contribution >= 0.6 is 0 Å². The summed E-state index contributed by atoms with van der Waals surface area (Å²) < 4.78 is 21.7. The summed E-state index contributed by atoms with van der Waals surface area (Å²) in [6.07, 6.45) is 3.24. The third-order valence-corrected chi connectivity index (χ3v) is 3.70. The van der Waals surface area contributed by atoms with Crippen molar-refractivity contribution >= 4 is 0 Å². The van der Waals surface area contributed by atoms with Crippen molar-refractivity contribution in [3.05, 3.63) is 41.2 Å². The third-order valence-electron chi connectivity index (χ3n) is 3.70. The maximum absolute atomic E-state index is 13.9.